The van der Waals surface area contributed by atoms with Gasteiger partial charge in [0, 0.05) is 13.1 Å². The molecule has 1 saturated heterocycles. The van der Waals surface area contributed by atoms with E-state index in [0.717, 1.165) is 17.7 Å². The molecule has 1 N–H and O–H groups in total. The summed E-state index contributed by atoms with van der Waals surface area (Å²) in [6, 6.07) is 7.67. The standard InChI is InChI=1S/C17H25N3O2S/c1-12-6-5-7-14(10-12)17-20(15(21)11-23-17)13(2)16(22)18-8-9-19(3)4/h5-7,10,13,17H,8-9,11H2,1-4H3,(H,18,22). The van der Waals surface area contributed by atoms with Crippen LogP contribution in [0.1, 0.15) is 23.4 Å². The second kappa shape index (κ2) is 7.84. The van der Waals surface area contributed by atoms with E-state index in [1.807, 2.05) is 44.1 Å². The van der Waals surface area contributed by atoms with Crippen LogP contribution in [-0.4, -0.2) is 60.6 Å². The van der Waals surface area contributed by atoms with Gasteiger partial charge in [-0.05, 0) is 33.5 Å². The van der Waals surface area contributed by atoms with E-state index in [1.54, 1.807) is 23.6 Å². The van der Waals surface area contributed by atoms with Crippen molar-refractivity contribution in [2.45, 2.75) is 25.3 Å². The molecule has 0 radical (unpaired) electrons. The van der Waals surface area contributed by atoms with E-state index in [4.69, 9.17) is 0 Å². The largest absolute Gasteiger partial charge is 0.353 e. The number of aryl methyl sites for hydroxylation is 1. The van der Waals surface area contributed by atoms with Gasteiger partial charge in [-0.1, -0.05) is 29.8 Å². The third-order valence-corrected chi connectivity index (χ3v) is 5.12. The molecule has 23 heavy (non-hydrogen) atoms. The van der Waals surface area contributed by atoms with E-state index in [0.29, 0.717) is 12.3 Å². The monoisotopic (exact) mass is 335 g/mol. The van der Waals surface area contributed by atoms with Crippen LogP contribution in [0, 0.1) is 6.92 Å². The molecule has 0 aliphatic carbocycles. The van der Waals surface area contributed by atoms with Gasteiger partial charge >= 0.3 is 0 Å². The first kappa shape index (κ1) is 17.8. The number of carbonyl (C=O) groups excluding carboxylic acids is 2. The molecular formula is C17H25N3O2S. The SMILES string of the molecule is Cc1cccc(C2SCC(=O)N2C(C)C(=O)NCCN(C)C)c1. The van der Waals surface area contributed by atoms with Crippen molar-refractivity contribution in [3.8, 4) is 0 Å². The highest BCUT2D eigenvalue weighted by Gasteiger charge is 2.38. The minimum absolute atomic E-state index is 0.0248. The summed E-state index contributed by atoms with van der Waals surface area (Å²) in [4.78, 5) is 28.4. The fourth-order valence-electron chi connectivity index (χ4n) is 2.61. The fourth-order valence-corrected chi connectivity index (χ4v) is 3.86. The minimum atomic E-state index is -0.467. The Morgan fingerprint density at radius 1 is 1.48 bits per heavy atom. The predicted octanol–water partition coefficient (Wildman–Crippen LogP) is 1.64. The minimum Gasteiger partial charge on any atom is -0.353 e. The number of nitrogens with one attached hydrogen (secondary N) is 1. The van der Waals surface area contributed by atoms with Crippen LogP contribution in [0.25, 0.3) is 0 Å². The Labute approximate surface area is 142 Å². The zero-order valence-electron chi connectivity index (χ0n) is 14.2. The number of rotatable bonds is 6. The first-order chi connectivity index (χ1) is 10.9. The normalized spacial score (nSPS) is 19.3. The quantitative estimate of drug-likeness (QED) is 0.859. The number of hydrogen-bond donors (Lipinski definition) is 1. The molecule has 0 bridgehead atoms. The average molecular weight is 335 g/mol. The Hall–Kier alpha value is -1.53. The van der Waals surface area contributed by atoms with Gasteiger partial charge in [0.15, 0.2) is 0 Å². The molecule has 0 saturated carbocycles. The van der Waals surface area contributed by atoms with Crippen molar-refractivity contribution in [2.75, 3.05) is 32.9 Å². The van der Waals surface area contributed by atoms with Crippen LogP contribution >= 0.6 is 11.8 Å². The lowest BCUT2D eigenvalue weighted by Gasteiger charge is -2.30. The maximum atomic E-state index is 12.4. The van der Waals surface area contributed by atoms with Gasteiger partial charge in [0.05, 0.1) is 5.75 Å². The van der Waals surface area contributed by atoms with Crippen molar-refractivity contribution in [3.63, 3.8) is 0 Å². The van der Waals surface area contributed by atoms with E-state index in [9.17, 15) is 9.59 Å². The lowest BCUT2D eigenvalue weighted by Crippen LogP contribution is -2.47. The summed E-state index contributed by atoms with van der Waals surface area (Å²) in [5.74, 6) is 0.352. The Balaban J connectivity index is 2.08. The highest BCUT2D eigenvalue weighted by atomic mass is 32.2. The van der Waals surface area contributed by atoms with Gasteiger partial charge in [-0.2, -0.15) is 0 Å². The molecule has 5 nitrogen and oxygen atoms in total. The second-order valence-electron chi connectivity index (χ2n) is 6.15. The van der Waals surface area contributed by atoms with Gasteiger partial charge in [-0.15, -0.1) is 11.8 Å². The number of nitrogens with zero attached hydrogens (tertiary/aromatic N) is 2. The van der Waals surface area contributed by atoms with Gasteiger partial charge in [0.25, 0.3) is 0 Å². The number of thioether (sulfide) groups is 1. The number of amides is 2. The Bertz CT molecular complexity index is 577. The van der Waals surface area contributed by atoms with Gasteiger partial charge in [-0.25, -0.2) is 0 Å². The fraction of sp³-hybridized carbons (Fsp3) is 0.529. The zero-order valence-corrected chi connectivity index (χ0v) is 15.0. The summed E-state index contributed by atoms with van der Waals surface area (Å²) < 4.78 is 0. The highest BCUT2D eigenvalue weighted by molar-refractivity contribution is 8.00. The highest BCUT2D eigenvalue weighted by Crippen LogP contribution is 2.40. The molecule has 0 aromatic heterocycles. The van der Waals surface area contributed by atoms with Crippen LogP contribution in [-0.2, 0) is 9.59 Å². The number of benzene rings is 1. The molecule has 6 heteroatoms. The molecule has 1 heterocycles. The van der Waals surface area contributed by atoms with Crippen LogP contribution in [0.3, 0.4) is 0 Å². The Kier molecular flexibility index (Phi) is 6.07. The molecule has 1 fully saturated rings. The summed E-state index contributed by atoms with van der Waals surface area (Å²) in [6.45, 7) is 5.20. The van der Waals surface area contributed by atoms with Crippen molar-refractivity contribution in [1.29, 1.82) is 0 Å². The molecule has 2 unspecified atom stereocenters. The molecular weight excluding hydrogens is 310 g/mol. The van der Waals surface area contributed by atoms with Crippen LogP contribution in [0.2, 0.25) is 0 Å². The Morgan fingerprint density at radius 2 is 2.22 bits per heavy atom. The number of carbonyl (C=O) groups is 2. The molecule has 2 atom stereocenters. The lowest BCUT2D eigenvalue weighted by molar-refractivity contribution is -0.137. The van der Waals surface area contributed by atoms with Crippen molar-refractivity contribution < 1.29 is 9.59 Å². The summed E-state index contributed by atoms with van der Waals surface area (Å²) >= 11 is 1.58. The Morgan fingerprint density at radius 3 is 2.87 bits per heavy atom. The van der Waals surface area contributed by atoms with E-state index < -0.39 is 6.04 Å². The predicted molar refractivity (Wildman–Crippen MR) is 94.2 cm³/mol. The molecule has 1 aliphatic heterocycles. The van der Waals surface area contributed by atoms with E-state index in [-0.39, 0.29) is 17.2 Å². The molecule has 2 amide bonds. The van der Waals surface area contributed by atoms with E-state index in [2.05, 4.69) is 11.4 Å². The van der Waals surface area contributed by atoms with Crippen LogP contribution in [0.15, 0.2) is 24.3 Å². The van der Waals surface area contributed by atoms with Crippen LogP contribution < -0.4 is 5.32 Å². The molecule has 1 aromatic carbocycles. The first-order valence-corrected chi connectivity index (χ1v) is 8.87. The van der Waals surface area contributed by atoms with Crippen molar-refractivity contribution in [3.05, 3.63) is 35.4 Å². The third kappa shape index (κ3) is 4.48. The van der Waals surface area contributed by atoms with E-state index in [1.165, 1.54) is 0 Å². The zero-order chi connectivity index (χ0) is 17.0. The smallest absolute Gasteiger partial charge is 0.242 e. The molecule has 0 spiro atoms. The molecule has 1 aliphatic rings. The maximum Gasteiger partial charge on any atom is 0.242 e. The summed E-state index contributed by atoms with van der Waals surface area (Å²) in [6.07, 6.45) is 0. The average Bonchev–Trinajstić information content (AvgIpc) is 2.87. The molecule has 2 rings (SSSR count). The summed E-state index contributed by atoms with van der Waals surface area (Å²) in [5.41, 5.74) is 2.24. The number of likely N-dealkylation sites (N-methyl/N-ethyl adjacent to an activating group) is 1. The van der Waals surface area contributed by atoms with Crippen LogP contribution in [0.5, 0.6) is 0 Å². The summed E-state index contributed by atoms with van der Waals surface area (Å²) in [7, 11) is 3.92. The topological polar surface area (TPSA) is 52.7 Å². The first-order valence-electron chi connectivity index (χ1n) is 7.82. The van der Waals surface area contributed by atoms with Crippen molar-refractivity contribution in [1.82, 2.24) is 15.1 Å². The molecule has 126 valence electrons. The number of hydrogen-bond acceptors (Lipinski definition) is 4. The second-order valence-corrected chi connectivity index (χ2v) is 7.22. The van der Waals surface area contributed by atoms with Gasteiger partial charge in [0.1, 0.15) is 11.4 Å². The van der Waals surface area contributed by atoms with E-state index >= 15 is 0 Å². The molecule has 1 aromatic rings. The van der Waals surface area contributed by atoms with Gasteiger partial charge in [-0.3, -0.25) is 9.59 Å². The van der Waals surface area contributed by atoms with Crippen LogP contribution in [0.4, 0.5) is 0 Å². The maximum absolute atomic E-state index is 12.4. The van der Waals surface area contributed by atoms with Gasteiger partial charge in [0.2, 0.25) is 11.8 Å². The lowest BCUT2D eigenvalue weighted by atomic mass is 10.1. The summed E-state index contributed by atoms with van der Waals surface area (Å²) in [5, 5.41) is 2.82. The van der Waals surface area contributed by atoms with Gasteiger partial charge < -0.3 is 15.1 Å². The van der Waals surface area contributed by atoms with Crippen molar-refractivity contribution in [2.24, 2.45) is 0 Å². The van der Waals surface area contributed by atoms with Crippen molar-refractivity contribution >= 4 is 23.6 Å². The third-order valence-electron chi connectivity index (χ3n) is 3.89.